The Morgan fingerprint density at radius 2 is 2.10 bits per heavy atom. The average molecular weight is 288 g/mol. The van der Waals surface area contributed by atoms with Gasteiger partial charge in [-0.1, -0.05) is 0 Å². The normalized spacial score (nSPS) is 16.8. The zero-order valence-corrected chi connectivity index (χ0v) is 13.1. The fraction of sp³-hybridized carbons (Fsp3) is 0.667. The summed E-state index contributed by atoms with van der Waals surface area (Å²) in [5.41, 5.74) is 0.859. The number of fused-ring (bicyclic) bond motifs is 1. The number of piperidine rings is 1. The predicted octanol–water partition coefficient (Wildman–Crippen LogP) is 1.65. The van der Waals surface area contributed by atoms with Crippen molar-refractivity contribution in [2.24, 2.45) is 5.92 Å². The Morgan fingerprint density at radius 1 is 1.33 bits per heavy atom. The third-order valence-corrected chi connectivity index (χ3v) is 4.29. The molecule has 3 rings (SSSR count). The molecule has 0 aromatic carbocycles. The van der Waals surface area contributed by atoms with Crippen molar-refractivity contribution in [3.8, 4) is 0 Å². The van der Waals surface area contributed by atoms with Crippen LogP contribution in [0.5, 0.6) is 0 Å². The maximum absolute atomic E-state index is 4.59. The molecule has 3 heterocycles. The highest BCUT2D eigenvalue weighted by Gasteiger charge is 2.22. The second-order valence-corrected chi connectivity index (χ2v) is 6.13. The highest BCUT2D eigenvalue weighted by atomic mass is 15.3. The maximum atomic E-state index is 4.59. The number of hydrogen-bond acceptors (Lipinski definition) is 5. The zero-order chi connectivity index (χ0) is 14.8. The second-order valence-electron chi connectivity index (χ2n) is 6.13. The van der Waals surface area contributed by atoms with E-state index in [1.807, 2.05) is 23.7 Å². The van der Waals surface area contributed by atoms with E-state index in [2.05, 4.69) is 39.2 Å². The van der Waals surface area contributed by atoms with Crippen LogP contribution in [0.15, 0.2) is 12.4 Å². The summed E-state index contributed by atoms with van der Waals surface area (Å²) in [4.78, 5) is 6.97. The molecule has 1 saturated heterocycles. The molecule has 0 spiro atoms. The molecule has 0 amide bonds. The van der Waals surface area contributed by atoms with Gasteiger partial charge in [-0.2, -0.15) is 0 Å². The van der Waals surface area contributed by atoms with Crippen LogP contribution in [0.4, 0.5) is 5.82 Å². The van der Waals surface area contributed by atoms with Crippen molar-refractivity contribution in [2.75, 3.05) is 24.5 Å². The molecule has 2 aromatic rings. The maximum Gasteiger partial charge on any atom is 0.203 e. The predicted molar refractivity (Wildman–Crippen MR) is 83.6 cm³/mol. The minimum Gasteiger partial charge on any atom is -0.351 e. The van der Waals surface area contributed by atoms with Gasteiger partial charge in [0.05, 0.1) is 0 Å². The van der Waals surface area contributed by atoms with E-state index in [9.17, 15) is 0 Å². The smallest absolute Gasteiger partial charge is 0.203 e. The van der Waals surface area contributed by atoms with Crippen molar-refractivity contribution >= 4 is 11.5 Å². The van der Waals surface area contributed by atoms with E-state index in [0.717, 1.165) is 42.8 Å². The number of nitrogens with zero attached hydrogens (tertiary/aromatic N) is 5. The fourth-order valence-electron chi connectivity index (χ4n) is 3.02. The molecule has 1 fully saturated rings. The molecule has 2 aromatic heterocycles. The summed E-state index contributed by atoms with van der Waals surface area (Å²) in [6.45, 7) is 9.69. The molecule has 1 aliphatic rings. The van der Waals surface area contributed by atoms with Gasteiger partial charge in [-0.25, -0.2) is 4.98 Å². The van der Waals surface area contributed by atoms with Crippen LogP contribution >= 0.6 is 0 Å². The van der Waals surface area contributed by atoms with Crippen molar-refractivity contribution in [2.45, 2.75) is 39.7 Å². The van der Waals surface area contributed by atoms with E-state index < -0.39 is 0 Å². The minimum absolute atomic E-state index is 0.399. The lowest BCUT2D eigenvalue weighted by atomic mass is 9.97. The summed E-state index contributed by atoms with van der Waals surface area (Å²) in [5.74, 6) is 2.57. The van der Waals surface area contributed by atoms with Crippen LogP contribution in [0.2, 0.25) is 0 Å². The molecule has 1 aliphatic heterocycles. The van der Waals surface area contributed by atoms with Gasteiger partial charge in [-0.3, -0.25) is 4.40 Å². The lowest BCUT2D eigenvalue weighted by Crippen LogP contribution is -2.40. The van der Waals surface area contributed by atoms with Crippen molar-refractivity contribution in [3.05, 3.63) is 18.2 Å². The Hall–Kier alpha value is -1.69. The van der Waals surface area contributed by atoms with Crippen LogP contribution in [0.25, 0.3) is 5.65 Å². The number of nitrogens with one attached hydrogen (secondary N) is 1. The molecule has 6 nitrogen and oxygen atoms in total. The van der Waals surface area contributed by atoms with Gasteiger partial charge < -0.3 is 10.2 Å². The van der Waals surface area contributed by atoms with Gasteiger partial charge in [0.1, 0.15) is 5.82 Å². The lowest BCUT2D eigenvalue weighted by molar-refractivity contribution is 0.367. The summed E-state index contributed by atoms with van der Waals surface area (Å²) in [6.07, 6.45) is 6.24. The molecule has 6 heteroatoms. The summed E-state index contributed by atoms with van der Waals surface area (Å²) >= 11 is 0. The summed E-state index contributed by atoms with van der Waals surface area (Å²) in [7, 11) is 0. The number of hydrogen-bond donors (Lipinski definition) is 1. The number of anilines is 1. The third-order valence-electron chi connectivity index (χ3n) is 4.29. The Balaban J connectivity index is 1.91. The second kappa shape index (κ2) is 5.97. The average Bonchev–Trinajstić information content (AvgIpc) is 2.87. The topological polar surface area (TPSA) is 58.4 Å². The molecule has 1 N–H and O–H groups in total. The Labute approximate surface area is 125 Å². The van der Waals surface area contributed by atoms with Crippen LogP contribution in [0, 0.1) is 12.8 Å². The highest BCUT2D eigenvalue weighted by molar-refractivity contribution is 5.64. The standard InChI is InChI=1S/C15H24N6/c1-11(2)21(10-13-4-6-16-7-5-13)14-15-19-18-12(3)20(15)9-8-17-14/h8-9,11,13,16H,4-7,10H2,1-3H3. The van der Waals surface area contributed by atoms with Gasteiger partial charge in [0, 0.05) is 25.0 Å². The van der Waals surface area contributed by atoms with Gasteiger partial charge in [0.15, 0.2) is 5.82 Å². The monoisotopic (exact) mass is 288 g/mol. The van der Waals surface area contributed by atoms with Crippen molar-refractivity contribution in [1.29, 1.82) is 0 Å². The van der Waals surface area contributed by atoms with E-state index >= 15 is 0 Å². The first kappa shape index (κ1) is 14.3. The first-order chi connectivity index (χ1) is 10.2. The zero-order valence-electron chi connectivity index (χ0n) is 13.1. The molecular formula is C15H24N6. The molecule has 0 atom stereocenters. The number of aromatic nitrogens is 4. The Bertz CT molecular complexity index is 599. The summed E-state index contributed by atoms with van der Waals surface area (Å²) in [6, 6.07) is 0.399. The molecule has 0 radical (unpaired) electrons. The molecule has 114 valence electrons. The van der Waals surface area contributed by atoms with E-state index in [0.29, 0.717) is 6.04 Å². The first-order valence-electron chi connectivity index (χ1n) is 7.80. The van der Waals surface area contributed by atoms with Crippen LogP contribution in [-0.2, 0) is 0 Å². The Kier molecular flexibility index (Phi) is 4.05. The molecule has 0 bridgehead atoms. The van der Waals surface area contributed by atoms with E-state index in [-0.39, 0.29) is 0 Å². The number of aryl methyl sites for hydroxylation is 1. The van der Waals surface area contributed by atoms with E-state index in [4.69, 9.17) is 0 Å². The molecule has 21 heavy (non-hydrogen) atoms. The molecule has 0 saturated carbocycles. The van der Waals surface area contributed by atoms with Crippen LogP contribution < -0.4 is 10.2 Å². The van der Waals surface area contributed by atoms with Crippen LogP contribution in [0.1, 0.15) is 32.5 Å². The summed E-state index contributed by atoms with van der Waals surface area (Å²) in [5, 5.41) is 11.9. The SMILES string of the molecule is Cc1nnc2c(N(CC3CCNCC3)C(C)C)nccn12. The third kappa shape index (κ3) is 2.85. The minimum atomic E-state index is 0.399. The highest BCUT2D eigenvalue weighted by Crippen LogP contribution is 2.23. The van der Waals surface area contributed by atoms with Gasteiger partial charge in [0.25, 0.3) is 0 Å². The van der Waals surface area contributed by atoms with Crippen LogP contribution in [0.3, 0.4) is 0 Å². The lowest BCUT2D eigenvalue weighted by Gasteiger charge is -2.33. The van der Waals surface area contributed by atoms with Gasteiger partial charge in [-0.05, 0) is 52.6 Å². The van der Waals surface area contributed by atoms with E-state index in [1.165, 1.54) is 12.8 Å². The fourth-order valence-corrected chi connectivity index (χ4v) is 3.02. The van der Waals surface area contributed by atoms with Crippen molar-refractivity contribution < 1.29 is 0 Å². The Morgan fingerprint density at radius 3 is 2.81 bits per heavy atom. The van der Waals surface area contributed by atoms with Gasteiger partial charge in [-0.15, -0.1) is 10.2 Å². The molecule has 0 unspecified atom stereocenters. The summed E-state index contributed by atoms with van der Waals surface area (Å²) < 4.78 is 2.01. The quantitative estimate of drug-likeness (QED) is 0.927. The van der Waals surface area contributed by atoms with Crippen molar-refractivity contribution in [1.82, 2.24) is 24.9 Å². The van der Waals surface area contributed by atoms with Gasteiger partial charge in [0.2, 0.25) is 5.65 Å². The van der Waals surface area contributed by atoms with E-state index in [1.54, 1.807) is 0 Å². The largest absolute Gasteiger partial charge is 0.351 e. The van der Waals surface area contributed by atoms with Crippen LogP contribution in [-0.4, -0.2) is 45.3 Å². The molecule has 0 aliphatic carbocycles. The number of rotatable bonds is 4. The van der Waals surface area contributed by atoms with Crippen molar-refractivity contribution in [3.63, 3.8) is 0 Å². The van der Waals surface area contributed by atoms with Gasteiger partial charge >= 0.3 is 0 Å². The molecular weight excluding hydrogens is 264 g/mol. The first-order valence-corrected chi connectivity index (χ1v) is 7.80.